The summed E-state index contributed by atoms with van der Waals surface area (Å²) in [4.78, 5) is 12.1. The number of esters is 1. The first kappa shape index (κ1) is 12.9. The Morgan fingerprint density at radius 3 is 2.00 bits per heavy atom. The van der Waals surface area contributed by atoms with Crippen molar-refractivity contribution in [1.82, 2.24) is 0 Å². The van der Waals surface area contributed by atoms with Crippen molar-refractivity contribution in [2.24, 2.45) is 5.92 Å². The molecule has 2 nitrogen and oxygen atoms in total. The first-order chi connectivity index (χ1) is 9.79. The van der Waals surface area contributed by atoms with Crippen molar-refractivity contribution in [2.75, 3.05) is 6.61 Å². The summed E-state index contributed by atoms with van der Waals surface area (Å²) in [6.45, 7) is 2.29. The molecule has 0 N–H and O–H groups in total. The van der Waals surface area contributed by atoms with Crippen LogP contribution in [0.15, 0.2) is 60.7 Å². The van der Waals surface area contributed by atoms with Gasteiger partial charge >= 0.3 is 5.97 Å². The Morgan fingerprint density at radius 1 is 1.05 bits per heavy atom. The molecule has 0 radical (unpaired) electrons. The highest BCUT2D eigenvalue weighted by atomic mass is 16.5. The fourth-order valence-electron chi connectivity index (χ4n) is 3.07. The number of rotatable bonds is 4. The second-order valence-electron chi connectivity index (χ2n) is 5.21. The van der Waals surface area contributed by atoms with Crippen LogP contribution in [0.1, 0.15) is 24.5 Å². The minimum Gasteiger partial charge on any atom is -0.466 e. The smallest absolute Gasteiger partial charge is 0.310 e. The maximum absolute atomic E-state index is 12.1. The summed E-state index contributed by atoms with van der Waals surface area (Å²) in [7, 11) is 0. The third-order valence-corrected chi connectivity index (χ3v) is 4.11. The summed E-state index contributed by atoms with van der Waals surface area (Å²) in [5, 5.41) is 0. The third-order valence-electron chi connectivity index (χ3n) is 4.11. The molecule has 0 unspecified atom stereocenters. The third kappa shape index (κ3) is 2.01. The highest BCUT2D eigenvalue weighted by Crippen LogP contribution is 2.59. The number of hydrogen-bond acceptors (Lipinski definition) is 2. The standard InChI is InChI=1S/C18H18O2/c1-2-20-17(19)16-13-18(16,14-9-5-3-6-10-14)15-11-7-4-8-12-15/h3-12,16H,2,13H2,1H3/t16-/m0/s1. The first-order valence-electron chi connectivity index (χ1n) is 7.06. The van der Waals surface area contributed by atoms with Crippen molar-refractivity contribution in [3.05, 3.63) is 71.8 Å². The highest BCUT2D eigenvalue weighted by Gasteiger charge is 2.61. The van der Waals surface area contributed by atoms with Gasteiger partial charge in [-0.15, -0.1) is 0 Å². The molecule has 102 valence electrons. The molecular formula is C18H18O2. The Hall–Kier alpha value is -2.09. The predicted molar refractivity (Wildman–Crippen MR) is 78.4 cm³/mol. The lowest BCUT2D eigenvalue weighted by Crippen LogP contribution is -2.18. The molecule has 2 heteroatoms. The van der Waals surface area contributed by atoms with Crippen LogP contribution >= 0.6 is 0 Å². The van der Waals surface area contributed by atoms with Crippen LogP contribution in [0.5, 0.6) is 0 Å². The van der Waals surface area contributed by atoms with Gasteiger partial charge in [0.1, 0.15) is 0 Å². The quantitative estimate of drug-likeness (QED) is 0.791. The zero-order valence-corrected chi connectivity index (χ0v) is 11.6. The molecule has 2 aromatic carbocycles. The van der Waals surface area contributed by atoms with Gasteiger partial charge in [-0.3, -0.25) is 4.79 Å². The largest absolute Gasteiger partial charge is 0.466 e. The SMILES string of the molecule is CCOC(=O)[C@@H]1CC1(c1ccccc1)c1ccccc1. The van der Waals surface area contributed by atoms with Crippen molar-refractivity contribution < 1.29 is 9.53 Å². The average Bonchev–Trinajstić information content (AvgIpc) is 3.26. The van der Waals surface area contributed by atoms with Crippen molar-refractivity contribution in [2.45, 2.75) is 18.8 Å². The molecule has 1 aliphatic carbocycles. The number of benzene rings is 2. The lowest BCUT2D eigenvalue weighted by molar-refractivity contribution is -0.145. The lowest BCUT2D eigenvalue weighted by atomic mass is 9.86. The van der Waals surface area contributed by atoms with E-state index in [1.807, 2.05) is 43.3 Å². The molecule has 1 aliphatic rings. The van der Waals surface area contributed by atoms with Gasteiger partial charge in [0.25, 0.3) is 0 Å². The summed E-state index contributed by atoms with van der Waals surface area (Å²) in [6.07, 6.45) is 0.833. The predicted octanol–water partition coefficient (Wildman–Crippen LogP) is 3.56. The molecule has 0 amide bonds. The summed E-state index contributed by atoms with van der Waals surface area (Å²) in [5.41, 5.74) is 2.20. The molecule has 1 fully saturated rings. The Labute approximate surface area is 119 Å². The van der Waals surface area contributed by atoms with Crippen LogP contribution in [-0.2, 0) is 14.9 Å². The van der Waals surface area contributed by atoms with Gasteiger partial charge in [0.15, 0.2) is 0 Å². The van der Waals surface area contributed by atoms with Gasteiger partial charge < -0.3 is 4.74 Å². The van der Waals surface area contributed by atoms with E-state index in [-0.39, 0.29) is 17.3 Å². The molecule has 1 atom stereocenters. The summed E-state index contributed by atoms with van der Waals surface area (Å²) >= 11 is 0. The van der Waals surface area contributed by atoms with Gasteiger partial charge in [-0.05, 0) is 24.5 Å². The molecule has 0 saturated heterocycles. The van der Waals surface area contributed by atoms with Crippen molar-refractivity contribution in [1.29, 1.82) is 0 Å². The van der Waals surface area contributed by atoms with E-state index < -0.39 is 0 Å². The van der Waals surface area contributed by atoms with E-state index in [0.29, 0.717) is 6.61 Å². The van der Waals surface area contributed by atoms with Gasteiger partial charge in [-0.2, -0.15) is 0 Å². The molecule has 20 heavy (non-hydrogen) atoms. The molecule has 0 heterocycles. The molecule has 3 rings (SSSR count). The van der Waals surface area contributed by atoms with E-state index in [1.54, 1.807) is 0 Å². The van der Waals surface area contributed by atoms with E-state index in [9.17, 15) is 4.79 Å². The average molecular weight is 266 g/mol. The number of carbonyl (C=O) groups is 1. The first-order valence-corrected chi connectivity index (χ1v) is 7.06. The van der Waals surface area contributed by atoms with E-state index in [4.69, 9.17) is 4.74 Å². The van der Waals surface area contributed by atoms with Crippen LogP contribution in [0.3, 0.4) is 0 Å². The molecule has 2 aromatic rings. The van der Waals surface area contributed by atoms with Crippen LogP contribution in [-0.4, -0.2) is 12.6 Å². The zero-order valence-electron chi connectivity index (χ0n) is 11.6. The minimum absolute atomic E-state index is 0.0627. The fraction of sp³-hybridized carbons (Fsp3) is 0.278. The maximum Gasteiger partial charge on any atom is 0.310 e. The second kappa shape index (κ2) is 5.12. The summed E-state index contributed by atoms with van der Waals surface area (Å²) < 4.78 is 5.23. The second-order valence-corrected chi connectivity index (χ2v) is 5.21. The van der Waals surface area contributed by atoms with Crippen LogP contribution in [0.4, 0.5) is 0 Å². The Balaban J connectivity index is 2.01. The van der Waals surface area contributed by atoms with Crippen LogP contribution < -0.4 is 0 Å². The maximum atomic E-state index is 12.1. The Bertz CT molecular complexity index is 550. The van der Waals surface area contributed by atoms with Gasteiger partial charge in [-0.1, -0.05) is 60.7 Å². The molecule has 0 bridgehead atoms. The van der Waals surface area contributed by atoms with E-state index in [2.05, 4.69) is 24.3 Å². The Kier molecular flexibility index (Phi) is 3.31. The zero-order chi connectivity index (χ0) is 14.0. The molecule has 1 saturated carbocycles. The van der Waals surface area contributed by atoms with Crippen LogP contribution in [0.25, 0.3) is 0 Å². The van der Waals surface area contributed by atoms with Crippen LogP contribution in [0, 0.1) is 5.92 Å². The molecule has 0 aromatic heterocycles. The number of carbonyl (C=O) groups excluding carboxylic acids is 1. The van der Waals surface area contributed by atoms with Gasteiger partial charge in [0.2, 0.25) is 0 Å². The molecular weight excluding hydrogens is 248 g/mol. The van der Waals surface area contributed by atoms with E-state index in [0.717, 1.165) is 6.42 Å². The monoisotopic (exact) mass is 266 g/mol. The van der Waals surface area contributed by atoms with Crippen LogP contribution in [0.2, 0.25) is 0 Å². The number of ether oxygens (including phenoxy) is 1. The van der Waals surface area contributed by atoms with Gasteiger partial charge in [0, 0.05) is 5.41 Å². The molecule has 0 aliphatic heterocycles. The van der Waals surface area contributed by atoms with Gasteiger partial charge in [0.05, 0.1) is 12.5 Å². The van der Waals surface area contributed by atoms with E-state index >= 15 is 0 Å². The topological polar surface area (TPSA) is 26.3 Å². The van der Waals surface area contributed by atoms with Crippen molar-refractivity contribution in [3.8, 4) is 0 Å². The van der Waals surface area contributed by atoms with Gasteiger partial charge in [-0.25, -0.2) is 0 Å². The molecule has 0 spiro atoms. The summed E-state index contributed by atoms with van der Waals surface area (Å²) in [5.74, 6) is -0.146. The fourth-order valence-corrected chi connectivity index (χ4v) is 3.07. The normalized spacial score (nSPS) is 19.4. The minimum atomic E-state index is -0.200. The Morgan fingerprint density at radius 2 is 1.55 bits per heavy atom. The van der Waals surface area contributed by atoms with Crippen molar-refractivity contribution in [3.63, 3.8) is 0 Å². The summed E-state index contributed by atoms with van der Waals surface area (Å²) in [6, 6.07) is 20.5. The highest BCUT2D eigenvalue weighted by molar-refractivity contribution is 5.81. The lowest BCUT2D eigenvalue weighted by Gasteiger charge is -2.18. The number of hydrogen-bond donors (Lipinski definition) is 0. The van der Waals surface area contributed by atoms with E-state index in [1.165, 1.54) is 11.1 Å². The van der Waals surface area contributed by atoms with Crippen molar-refractivity contribution >= 4 is 5.97 Å².